The number of amides is 1. The number of esters is 1. The molecular formula is C22H21BrN2O4. The fourth-order valence-electron chi connectivity index (χ4n) is 2.43. The van der Waals surface area contributed by atoms with Crippen LogP contribution in [0.2, 0.25) is 0 Å². The second-order valence-electron chi connectivity index (χ2n) is 6.06. The van der Waals surface area contributed by atoms with Crippen LogP contribution in [0, 0.1) is 11.3 Å². The summed E-state index contributed by atoms with van der Waals surface area (Å²) < 4.78 is 11.4. The van der Waals surface area contributed by atoms with Gasteiger partial charge < -0.3 is 14.8 Å². The fourth-order valence-corrected chi connectivity index (χ4v) is 2.88. The summed E-state index contributed by atoms with van der Waals surface area (Å²) in [4.78, 5) is 24.5. The number of ether oxygens (including phenoxy) is 2. The van der Waals surface area contributed by atoms with E-state index < -0.39 is 11.9 Å². The number of carbonyl (C=O) groups is 2. The molecule has 0 unspecified atom stereocenters. The molecule has 2 aromatic carbocycles. The first-order valence-electron chi connectivity index (χ1n) is 9.04. The summed E-state index contributed by atoms with van der Waals surface area (Å²) in [6, 6.07) is 13.6. The molecular weight excluding hydrogens is 436 g/mol. The zero-order valence-electron chi connectivity index (χ0n) is 16.2. The van der Waals surface area contributed by atoms with E-state index in [0.717, 1.165) is 12.8 Å². The van der Waals surface area contributed by atoms with Gasteiger partial charge in [-0.25, -0.2) is 4.79 Å². The first-order valence-corrected chi connectivity index (χ1v) is 9.84. The molecule has 150 valence electrons. The van der Waals surface area contributed by atoms with Crippen molar-refractivity contribution in [2.45, 2.75) is 19.8 Å². The molecule has 0 spiro atoms. The molecule has 0 aromatic heterocycles. The Bertz CT molecular complexity index is 964. The monoisotopic (exact) mass is 456 g/mol. The summed E-state index contributed by atoms with van der Waals surface area (Å²) in [5, 5.41) is 12.0. The third kappa shape index (κ3) is 6.19. The zero-order chi connectivity index (χ0) is 21.2. The van der Waals surface area contributed by atoms with Crippen LogP contribution in [0.3, 0.4) is 0 Å². The molecule has 0 bridgehead atoms. The molecule has 6 nitrogen and oxygen atoms in total. The lowest BCUT2D eigenvalue weighted by atomic mass is 10.1. The lowest BCUT2D eigenvalue weighted by Crippen LogP contribution is -2.25. The van der Waals surface area contributed by atoms with Crippen molar-refractivity contribution in [3.63, 3.8) is 0 Å². The lowest BCUT2D eigenvalue weighted by Gasteiger charge is -2.11. The van der Waals surface area contributed by atoms with Crippen molar-refractivity contribution < 1.29 is 19.1 Å². The minimum Gasteiger partial charge on any atom is -0.493 e. The highest BCUT2D eigenvalue weighted by Gasteiger charge is 2.15. The Morgan fingerprint density at radius 2 is 1.97 bits per heavy atom. The Kier molecular flexibility index (Phi) is 8.44. The minimum absolute atomic E-state index is 0.0129. The number of hydrogen-bond acceptors (Lipinski definition) is 5. The quantitative estimate of drug-likeness (QED) is 0.207. The number of methoxy groups -OCH3 is 1. The smallest absolute Gasteiger partial charge is 0.344 e. The summed E-state index contributed by atoms with van der Waals surface area (Å²) in [7, 11) is 1.45. The molecule has 2 rings (SSSR count). The summed E-state index contributed by atoms with van der Waals surface area (Å²) in [5.74, 6) is -0.421. The van der Waals surface area contributed by atoms with Gasteiger partial charge in [-0.1, -0.05) is 31.5 Å². The SMILES string of the molecule is CCCCNC(=O)/C(C#N)=C/c1ccc(OC(=O)c2ccccc2Br)c(OC)c1. The third-order valence-corrected chi connectivity index (χ3v) is 4.67. The first kappa shape index (κ1) is 22.2. The Morgan fingerprint density at radius 3 is 2.62 bits per heavy atom. The largest absolute Gasteiger partial charge is 0.493 e. The van der Waals surface area contributed by atoms with Gasteiger partial charge in [0.25, 0.3) is 5.91 Å². The average molecular weight is 457 g/mol. The number of carbonyl (C=O) groups excluding carboxylic acids is 2. The number of hydrogen-bond donors (Lipinski definition) is 1. The van der Waals surface area contributed by atoms with Crippen molar-refractivity contribution in [2.75, 3.05) is 13.7 Å². The number of benzene rings is 2. The van der Waals surface area contributed by atoms with Gasteiger partial charge in [0.15, 0.2) is 11.5 Å². The molecule has 0 aliphatic carbocycles. The predicted molar refractivity (Wildman–Crippen MR) is 114 cm³/mol. The van der Waals surface area contributed by atoms with Crippen molar-refractivity contribution in [2.24, 2.45) is 0 Å². The molecule has 0 aliphatic rings. The molecule has 1 amide bonds. The van der Waals surface area contributed by atoms with Crippen LogP contribution in [-0.4, -0.2) is 25.5 Å². The Balaban J connectivity index is 2.21. The number of halogens is 1. The van der Waals surface area contributed by atoms with Crippen molar-refractivity contribution in [1.29, 1.82) is 5.26 Å². The summed E-state index contributed by atoms with van der Waals surface area (Å²) >= 11 is 3.32. The second kappa shape index (κ2) is 11.0. The topological polar surface area (TPSA) is 88.4 Å². The average Bonchev–Trinajstić information content (AvgIpc) is 2.73. The number of rotatable bonds is 8. The zero-order valence-corrected chi connectivity index (χ0v) is 17.8. The molecule has 29 heavy (non-hydrogen) atoms. The maximum absolute atomic E-state index is 12.4. The minimum atomic E-state index is -0.535. The van der Waals surface area contributed by atoms with Crippen molar-refractivity contribution in [1.82, 2.24) is 5.32 Å². The number of nitriles is 1. The van der Waals surface area contributed by atoms with Crippen LogP contribution < -0.4 is 14.8 Å². The highest BCUT2D eigenvalue weighted by atomic mass is 79.9. The fraction of sp³-hybridized carbons (Fsp3) is 0.227. The molecule has 0 saturated heterocycles. The molecule has 0 fully saturated rings. The second-order valence-corrected chi connectivity index (χ2v) is 6.91. The summed E-state index contributed by atoms with van der Waals surface area (Å²) in [6.07, 6.45) is 3.25. The van der Waals surface area contributed by atoms with Gasteiger partial charge >= 0.3 is 5.97 Å². The van der Waals surface area contributed by atoms with Crippen LogP contribution in [0.25, 0.3) is 6.08 Å². The van der Waals surface area contributed by atoms with E-state index in [9.17, 15) is 14.9 Å². The van der Waals surface area contributed by atoms with Crippen LogP contribution in [0.5, 0.6) is 11.5 Å². The highest BCUT2D eigenvalue weighted by molar-refractivity contribution is 9.10. The maximum Gasteiger partial charge on any atom is 0.344 e. The van der Waals surface area contributed by atoms with E-state index in [4.69, 9.17) is 9.47 Å². The Labute approximate surface area is 178 Å². The third-order valence-electron chi connectivity index (χ3n) is 3.98. The van der Waals surface area contributed by atoms with Gasteiger partial charge in [0.2, 0.25) is 0 Å². The highest BCUT2D eigenvalue weighted by Crippen LogP contribution is 2.30. The van der Waals surface area contributed by atoms with Gasteiger partial charge in [-0.15, -0.1) is 0 Å². The molecule has 0 saturated carbocycles. The first-order chi connectivity index (χ1) is 14.0. The number of nitrogens with zero attached hydrogens (tertiary/aromatic N) is 1. The van der Waals surface area contributed by atoms with Crippen LogP contribution in [0.4, 0.5) is 0 Å². The summed E-state index contributed by atoms with van der Waals surface area (Å²) in [5.41, 5.74) is 0.944. The Hall–Kier alpha value is -3.11. The van der Waals surface area contributed by atoms with E-state index in [0.29, 0.717) is 27.9 Å². The molecule has 0 radical (unpaired) electrons. The van der Waals surface area contributed by atoms with Gasteiger partial charge in [-0.3, -0.25) is 4.79 Å². The number of unbranched alkanes of at least 4 members (excludes halogenated alkanes) is 1. The van der Waals surface area contributed by atoms with Crippen molar-refractivity contribution in [3.05, 3.63) is 63.6 Å². The summed E-state index contributed by atoms with van der Waals surface area (Å²) in [6.45, 7) is 2.53. The van der Waals surface area contributed by atoms with E-state index >= 15 is 0 Å². The molecule has 7 heteroatoms. The van der Waals surface area contributed by atoms with Gasteiger partial charge in [-0.05, 0) is 58.3 Å². The van der Waals surface area contributed by atoms with Crippen molar-refractivity contribution in [3.8, 4) is 17.6 Å². The van der Waals surface area contributed by atoms with Gasteiger partial charge in [-0.2, -0.15) is 5.26 Å². The van der Waals surface area contributed by atoms with E-state index in [-0.39, 0.29) is 11.3 Å². The van der Waals surface area contributed by atoms with E-state index in [1.165, 1.54) is 13.2 Å². The molecule has 0 atom stereocenters. The standard InChI is InChI=1S/C22H21BrN2O4/c1-3-4-11-25-21(26)16(14-24)12-15-9-10-19(20(13-15)28-2)29-22(27)17-7-5-6-8-18(17)23/h5-10,12-13H,3-4,11H2,1-2H3,(H,25,26)/b16-12+. The predicted octanol–water partition coefficient (Wildman–Crippen LogP) is 4.50. The van der Waals surface area contributed by atoms with Gasteiger partial charge in [0.05, 0.1) is 12.7 Å². The van der Waals surface area contributed by atoms with Crippen molar-refractivity contribution >= 4 is 33.9 Å². The molecule has 2 aromatic rings. The normalized spacial score (nSPS) is 10.8. The Morgan fingerprint density at radius 1 is 1.21 bits per heavy atom. The van der Waals surface area contributed by atoms with Crippen LogP contribution in [-0.2, 0) is 4.79 Å². The van der Waals surface area contributed by atoms with E-state index in [1.54, 1.807) is 42.5 Å². The molecule has 0 heterocycles. The van der Waals surface area contributed by atoms with E-state index in [2.05, 4.69) is 21.2 Å². The number of nitrogens with one attached hydrogen (secondary N) is 1. The van der Waals surface area contributed by atoms with Gasteiger partial charge in [0, 0.05) is 11.0 Å². The van der Waals surface area contributed by atoms with E-state index in [1.807, 2.05) is 13.0 Å². The van der Waals surface area contributed by atoms with Crippen LogP contribution in [0.15, 0.2) is 52.5 Å². The van der Waals surface area contributed by atoms with Crippen LogP contribution >= 0.6 is 15.9 Å². The lowest BCUT2D eigenvalue weighted by molar-refractivity contribution is -0.117. The van der Waals surface area contributed by atoms with Gasteiger partial charge in [0.1, 0.15) is 11.6 Å². The van der Waals surface area contributed by atoms with Crippen LogP contribution in [0.1, 0.15) is 35.7 Å². The molecule has 0 aliphatic heterocycles. The molecule has 1 N–H and O–H groups in total. The maximum atomic E-state index is 12.4.